The van der Waals surface area contributed by atoms with Crippen LogP contribution < -0.4 is 0 Å². The number of likely N-dealkylation sites (tertiary alicyclic amines) is 1. The number of piperazine rings is 1. The van der Waals surface area contributed by atoms with Gasteiger partial charge >= 0.3 is 0 Å². The van der Waals surface area contributed by atoms with Gasteiger partial charge in [0, 0.05) is 73.2 Å². The maximum atomic E-state index is 13.5. The van der Waals surface area contributed by atoms with Crippen molar-refractivity contribution < 1.29 is 9.59 Å². The molecule has 188 valence electrons. The Balaban J connectivity index is 1.12. The van der Waals surface area contributed by atoms with Crippen LogP contribution in [0.3, 0.4) is 0 Å². The van der Waals surface area contributed by atoms with E-state index in [1.807, 2.05) is 25.9 Å². The van der Waals surface area contributed by atoms with Crippen molar-refractivity contribution in [2.24, 2.45) is 0 Å². The van der Waals surface area contributed by atoms with E-state index in [2.05, 4.69) is 9.88 Å². The normalized spacial score (nSPS) is 18.7. The molecule has 0 unspecified atom stereocenters. The number of carbonyl (C=O) groups excluding carboxylic acids is 2. The summed E-state index contributed by atoms with van der Waals surface area (Å²) in [5.74, 6) is 0.00188. The molecular formula is C25H26Cl2N6O2S. The van der Waals surface area contributed by atoms with Crippen molar-refractivity contribution in [1.29, 1.82) is 0 Å². The molecule has 0 atom stereocenters. The number of rotatable bonds is 4. The lowest BCUT2D eigenvalue weighted by atomic mass is 9.94. The highest BCUT2D eigenvalue weighted by Gasteiger charge is 2.39. The first-order chi connectivity index (χ1) is 17.5. The van der Waals surface area contributed by atoms with Crippen LogP contribution in [-0.2, 0) is 12.8 Å². The largest absolute Gasteiger partial charge is 0.334 e. The van der Waals surface area contributed by atoms with Crippen molar-refractivity contribution in [1.82, 2.24) is 29.5 Å². The van der Waals surface area contributed by atoms with Gasteiger partial charge in [0.1, 0.15) is 0 Å². The number of amides is 2. The van der Waals surface area contributed by atoms with Gasteiger partial charge in [0.05, 0.1) is 10.7 Å². The molecule has 3 aromatic rings. The lowest BCUT2D eigenvalue weighted by molar-refractivity contribution is 0.00814. The lowest BCUT2D eigenvalue weighted by Gasteiger charge is -2.47. The molecule has 8 nitrogen and oxygen atoms in total. The predicted octanol–water partition coefficient (Wildman–Crippen LogP) is 3.80. The maximum Gasteiger partial charge on any atom is 0.282 e. The van der Waals surface area contributed by atoms with Crippen molar-refractivity contribution in [2.75, 3.05) is 39.3 Å². The Morgan fingerprint density at radius 1 is 0.972 bits per heavy atom. The number of carbonyl (C=O) groups is 2. The molecule has 0 saturated carbocycles. The van der Waals surface area contributed by atoms with Crippen LogP contribution in [0.1, 0.15) is 44.4 Å². The van der Waals surface area contributed by atoms with Crippen LogP contribution in [0.2, 0.25) is 10.0 Å². The number of halogens is 2. The van der Waals surface area contributed by atoms with Gasteiger partial charge in [-0.05, 0) is 43.9 Å². The minimum absolute atomic E-state index is 0.00850. The summed E-state index contributed by atoms with van der Waals surface area (Å²) in [5, 5.41) is 8.25. The molecule has 3 aliphatic rings. The zero-order chi connectivity index (χ0) is 24.8. The van der Waals surface area contributed by atoms with E-state index in [0.717, 1.165) is 55.7 Å². The van der Waals surface area contributed by atoms with E-state index in [0.29, 0.717) is 53.0 Å². The number of thiazole rings is 1. The fourth-order valence-corrected chi connectivity index (χ4v) is 6.47. The maximum absolute atomic E-state index is 13.5. The third kappa shape index (κ3) is 4.32. The summed E-state index contributed by atoms with van der Waals surface area (Å²) in [6.45, 7) is 4.35. The monoisotopic (exact) mass is 544 g/mol. The average Bonchev–Trinajstić information content (AvgIpc) is 3.52. The van der Waals surface area contributed by atoms with E-state index < -0.39 is 0 Å². The van der Waals surface area contributed by atoms with E-state index >= 15 is 0 Å². The second-order valence-corrected chi connectivity index (χ2v) is 11.3. The van der Waals surface area contributed by atoms with Crippen LogP contribution in [0.4, 0.5) is 0 Å². The van der Waals surface area contributed by atoms with Gasteiger partial charge in [0.25, 0.3) is 11.8 Å². The SMILES string of the molecule is O=C(c1nccs1)N1CCN(C2CN(C(=O)c3nn(-c4ccc(Cl)cc4Cl)c4c3CCCC4)C2)CC1. The van der Waals surface area contributed by atoms with Gasteiger partial charge in [0.15, 0.2) is 10.7 Å². The number of fused-ring (bicyclic) bond motifs is 1. The Bertz CT molecular complexity index is 1300. The fourth-order valence-electron chi connectivity index (χ4n) is 5.38. The second-order valence-electron chi connectivity index (χ2n) is 9.52. The number of hydrogen-bond acceptors (Lipinski definition) is 6. The van der Waals surface area contributed by atoms with E-state index in [4.69, 9.17) is 28.3 Å². The van der Waals surface area contributed by atoms with Gasteiger partial charge in [-0.3, -0.25) is 14.5 Å². The molecule has 2 saturated heterocycles. The van der Waals surface area contributed by atoms with Gasteiger partial charge in [-0.15, -0.1) is 11.3 Å². The summed E-state index contributed by atoms with van der Waals surface area (Å²) in [5.41, 5.74) is 3.43. The van der Waals surface area contributed by atoms with Crippen molar-refractivity contribution in [3.05, 3.63) is 61.8 Å². The molecule has 1 aromatic carbocycles. The van der Waals surface area contributed by atoms with E-state index in [-0.39, 0.29) is 11.8 Å². The quantitative estimate of drug-likeness (QED) is 0.499. The second kappa shape index (κ2) is 9.78. The van der Waals surface area contributed by atoms with Gasteiger partial charge in [0.2, 0.25) is 0 Å². The first-order valence-electron chi connectivity index (χ1n) is 12.3. The zero-order valence-corrected chi connectivity index (χ0v) is 22.0. The summed E-state index contributed by atoms with van der Waals surface area (Å²) in [6, 6.07) is 5.68. The van der Waals surface area contributed by atoms with E-state index in [1.54, 1.807) is 18.3 Å². The predicted molar refractivity (Wildman–Crippen MR) is 140 cm³/mol. The smallest absolute Gasteiger partial charge is 0.282 e. The Morgan fingerprint density at radius 3 is 2.47 bits per heavy atom. The van der Waals surface area contributed by atoms with Crippen molar-refractivity contribution in [3.63, 3.8) is 0 Å². The van der Waals surface area contributed by atoms with E-state index in [9.17, 15) is 9.59 Å². The number of nitrogens with zero attached hydrogens (tertiary/aromatic N) is 6. The highest BCUT2D eigenvalue weighted by molar-refractivity contribution is 7.11. The molecule has 0 bridgehead atoms. The number of aromatic nitrogens is 3. The Morgan fingerprint density at radius 2 is 1.75 bits per heavy atom. The minimum atomic E-state index is -0.00850. The van der Waals surface area contributed by atoms with Gasteiger partial charge < -0.3 is 9.80 Å². The summed E-state index contributed by atoms with van der Waals surface area (Å²) >= 11 is 14.0. The Labute approximate surface area is 223 Å². The average molecular weight is 545 g/mol. The molecule has 4 heterocycles. The summed E-state index contributed by atoms with van der Waals surface area (Å²) < 4.78 is 1.84. The molecule has 0 radical (unpaired) electrons. The topological polar surface area (TPSA) is 74.6 Å². The summed E-state index contributed by atoms with van der Waals surface area (Å²) in [7, 11) is 0. The molecule has 2 aliphatic heterocycles. The van der Waals surface area contributed by atoms with Crippen molar-refractivity contribution >= 4 is 46.4 Å². The molecular weight excluding hydrogens is 519 g/mol. The minimum Gasteiger partial charge on any atom is -0.334 e. The highest BCUT2D eigenvalue weighted by Crippen LogP contribution is 2.32. The Kier molecular flexibility index (Phi) is 6.49. The van der Waals surface area contributed by atoms with Crippen LogP contribution in [0.5, 0.6) is 0 Å². The van der Waals surface area contributed by atoms with Gasteiger partial charge in [-0.25, -0.2) is 9.67 Å². The molecule has 2 aromatic heterocycles. The Hall–Kier alpha value is -2.46. The summed E-state index contributed by atoms with van der Waals surface area (Å²) in [4.78, 5) is 36.3. The van der Waals surface area contributed by atoms with Gasteiger partial charge in [-0.1, -0.05) is 23.2 Å². The summed E-state index contributed by atoms with van der Waals surface area (Å²) in [6.07, 6.45) is 5.52. The number of benzene rings is 1. The molecule has 0 spiro atoms. The molecule has 0 N–H and O–H groups in total. The van der Waals surface area contributed by atoms with Crippen molar-refractivity contribution in [2.45, 2.75) is 31.7 Å². The molecule has 1 aliphatic carbocycles. The molecule has 2 fully saturated rings. The van der Waals surface area contributed by atoms with Crippen LogP contribution in [0.25, 0.3) is 5.69 Å². The third-order valence-electron chi connectivity index (χ3n) is 7.40. The lowest BCUT2D eigenvalue weighted by Crippen LogP contribution is -2.64. The van der Waals surface area contributed by atoms with Crippen LogP contribution in [-0.4, -0.2) is 86.6 Å². The van der Waals surface area contributed by atoms with E-state index in [1.165, 1.54) is 11.3 Å². The first-order valence-corrected chi connectivity index (χ1v) is 13.9. The molecule has 2 amide bonds. The molecule has 11 heteroatoms. The number of hydrogen-bond donors (Lipinski definition) is 0. The first kappa shape index (κ1) is 23.9. The molecule has 6 rings (SSSR count). The van der Waals surface area contributed by atoms with Crippen molar-refractivity contribution in [3.8, 4) is 5.69 Å². The standard InChI is InChI=1S/C25H26Cl2N6O2S/c26-16-5-6-21(19(27)13-16)33-20-4-2-1-3-18(20)22(29-33)24(34)32-14-17(15-32)30-8-10-31(11-9-30)25(35)23-28-7-12-36-23/h5-7,12-13,17H,1-4,8-11,14-15H2. The van der Waals surface area contributed by atoms with Gasteiger partial charge in [-0.2, -0.15) is 5.10 Å². The highest BCUT2D eigenvalue weighted by atomic mass is 35.5. The van der Waals surface area contributed by atoms with Crippen LogP contribution in [0, 0.1) is 0 Å². The fraction of sp³-hybridized carbons (Fsp3) is 0.440. The third-order valence-corrected chi connectivity index (χ3v) is 8.70. The zero-order valence-electron chi connectivity index (χ0n) is 19.7. The van der Waals surface area contributed by atoms with Crippen LogP contribution >= 0.6 is 34.5 Å². The molecule has 36 heavy (non-hydrogen) atoms. The van der Waals surface area contributed by atoms with Crippen LogP contribution in [0.15, 0.2) is 29.8 Å².